The number of amides is 1. The molecule has 0 radical (unpaired) electrons. The summed E-state index contributed by atoms with van der Waals surface area (Å²) in [5, 5.41) is 8.46. The fourth-order valence-corrected chi connectivity index (χ4v) is 3.34. The summed E-state index contributed by atoms with van der Waals surface area (Å²) in [6.45, 7) is 8.20. The first-order chi connectivity index (χ1) is 12.8. The van der Waals surface area contributed by atoms with Crippen LogP contribution in [0.3, 0.4) is 0 Å². The number of nitrogen functional groups attached to an aromatic ring is 1. The second kappa shape index (κ2) is 6.08. The highest BCUT2D eigenvalue weighted by molar-refractivity contribution is 6.13. The first-order valence-corrected chi connectivity index (χ1v) is 9.32. The van der Waals surface area contributed by atoms with Crippen molar-refractivity contribution in [2.75, 3.05) is 11.1 Å². The van der Waals surface area contributed by atoms with Crippen molar-refractivity contribution in [3.63, 3.8) is 0 Å². The molecule has 1 aromatic carbocycles. The van der Waals surface area contributed by atoms with Gasteiger partial charge >= 0.3 is 0 Å². The number of benzene rings is 1. The first-order valence-electron chi connectivity index (χ1n) is 9.32. The Labute approximate surface area is 158 Å². The summed E-state index contributed by atoms with van der Waals surface area (Å²) >= 11 is 0. The minimum atomic E-state index is -0.223. The average molecular weight is 363 g/mol. The van der Waals surface area contributed by atoms with Crippen LogP contribution in [0.2, 0.25) is 0 Å². The van der Waals surface area contributed by atoms with Gasteiger partial charge in [-0.1, -0.05) is 12.1 Å². The van der Waals surface area contributed by atoms with Gasteiger partial charge in [0.05, 0.1) is 33.6 Å². The number of aryl methyl sites for hydroxylation is 1. The van der Waals surface area contributed by atoms with Crippen LogP contribution in [-0.4, -0.2) is 20.7 Å². The number of para-hydroxylation sites is 2. The molecule has 6 nitrogen and oxygen atoms in total. The van der Waals surface area contributed by atoms with E-state index in [4.69, 9.17) is 15.8 Å². The Morgan fingerprint density at radius 2 is 1.96 bits per heavy atom. The standard InChI is InChI=1S/C21H25N5O/c1-12-18-14(20(27)24-16-8-6-5-7-15(16)22)11-17(13-9-10-13)23-19(18)26(25-12)21(2,3)4/h5-8,11,13H,9-10,22H2,1-4H3,(H,24,27). The Morgan fingerprint density at radius 1 is 1.26 bits per heavy atom. The van der Waals surface area contributed by atoms with Crippen LogP contribution in [0.15, 0.2) is 30.3 Å². The molecule has 0 aliphatic heterocycles. The van der Waals surface area contributed by atoms with Crippen LogP contribution in [-0.2, 0) is 5.54 Å². The van der Waals surface area contributed by atoms with Crippen molar-refractivity contribution in [2.45, 2.75) is 52.0 Å². The molecule has 4 rings (SSSR count). The van der Waals surface area contributed by atoms with Crippen LogP contribution >= 0.6 is 0 Å². The maximum atomic E-state index is 13.2. The Bertz CT molecular complexity index is 1040. The zero-order chi connectivity index (χ0) is 19.3. The topological polar surface area (TPSA) is 85.8 Å². The molecule has 1 saturated carbocycles. The number of rotatable bonds is 3. The third-order valence-corrected chi connectivity index (χ3v) is 4.92. The Morgan fingerprint density at radius 3 is 2.59 bits per heavy atom. The SMILES string of the molecule is Cc1nn(C(C)(C)C)c2nc(C3CC3)cc(C(=O)Nc3ccccc3N)c12. The molecule has 140 valence electrons. The van der Waals surface area contributed by atoms with Gasteiger partial charge in [-0.3, -0.25) is 4.79 Å². The predicted octanol–water partition coefficient (Wildman–Crippen LogP) is 4.21. The van der Waals surface area contributed by atoms with E-state index in [9.17, 15) is 4.79 Å². The molecule has 27 heavy (non-hydrogen) atoms. The minimum absolute atomic E-state index is 0.182. The van der Waals surface area contributed by atoms with Crippen LogP contribution in [0.5, 0.6) is 0 Å². The summed E-state index contributed by atoms with van der Waals surface area (Å²) < 4.78 is 1.93. The number of nitrogens with zero attached hydrogens (tertiary/aromatic N) is 3. The van der Waals surface area contributed by atoms with Crippen molar-refractivity contribution in [2.24, 2.45) is 0 Å². The molecule has 2 heterocycles. The number of nitrogens with one attached hydrogen (secondary N) is 1. The van der Waals surface area contributed by atoms with E-state index in [1.54, 1.807) is 12.1 Å². The summed E-state index contributed by atoms with van der Waals surface area (Å²) in [6.07, 6.45) is 2.24. The van der Waals surface area contributed by atoms with Gasteiger partial charge in [0.15, 0.2) is 5.65 Å². The molecule has 3 aromatic rings. The van der Waals surface area contributed by atoms with Gasteiger partial charge in [0, 0.05) is 11.6 Å². The van der Waals surface area contributed by atoms with Crippen molar-refractivity contribution >= 4 is 28.3 Å². The molecule has 0 atom stereocenters. The van der Waals surface area contributed by atoms with Crippen LogP contribution in [0, 0.1) is 6.92 Å². The summed E-state index contributed by atoms with van der Waals surface area (Å²) in [5.74, 6) is 0.255. The lowest BCUT2D eigenvalue weighted by Crippen LogP contribution is -2.23. The van der Waals surface area contributed by atoms with E-state index < -0.39 is 0 Å². The monoisotopic (exact) mass is 363 g/mol. The number of hydrogen-bond acceptors (Lipinski definition) is 4. The largest absolute Gasteiger partial charge is 0.397 e. The lowest BCUT2D eigenvalue weighted by molar-refractivity contribution is 0.102. The van der Waals surface area contributed by atoms with E-state index in [1.807, 2.05) is 29.8 Å². The number of anilines is 2. The lowest BCUT2D eigenvalue weighted by Gasteiger charge is -2.20. The highest BCUT2D eigenvalue weighted by atomic mass is 16.1. The second-order valence-electron chi connectivity index (χ2n) is 8.28. The van der Waals surface area contributed by atoms with Gasteiger partial charge in [0.25, 0.3) is 5.91 Å². The molecule has 0 saturated heterocycles. The van der Waals surface area contributed by atoms with Gasteiger partial charge < -0.3 is 11.1 Å². The maximum Gasteiger partial charge on any atom is 0.256 e. The van der Waals surface area contributed by atoms with Gasteiger partial charge in [-0.25, -0.2) is 9.67 Å². The van der Waals surface area contributed by atoms with Crippen molar-refractivity contribution in [3.8, 4) is 0 Å². The highest BCUT2D eigenvalue weighted by Crippen LogP contribution is 2.41. The number of hydrogen-bond donors (Lipinski definition) is 2. The summed E-state index contributed by atoms with van der Waals surface area (Å²) in [4.78, 5) is 18.0. The van der Waals surface area contributed by atoms with Crippen LogP contribution < -0.4 is 11.1 Å². The molecule has 2 aromatic heterocycles. The molecule has 0 spiro atoms. The Hall–Kier alpha value is -2.89. The molecular weight excluding hydrogens is 338 g/mol. The predicted molar refractivity (Wildman–Crippen MR) is 108 cm³/mol. The second-order valence-corrected chi connectivity index (χ2v) is 8.28. The van der Waals surface area contributed by atoms with Crippen molar-refractivity contribution in [3.05, 3.63) is 47.3 Å². The van der Waals surface area contributed by atoms with E-state index in [0.29, 0.717) is 22.9 Å². The van der Waals surface area contributed by atoms with Crippen molar-refractivity contribution < 1.29 is 4.79 Å². The lowest BCUT2D eigenvalue weighted by atomic mass is 10.1. The molecular formula is C21H25N5O. The van der Waals surface area contributed by atoms with E-state index >= 15 is 0 Å². The van der Waals surface area contributed by atoms with Gasteiger partial charge in [-0.2, -0.15) is 5.10 Å². The normalized spacial score (nSPS) is 14.5. The van der Waals surface area contributed by atoms with Crippen LogP contribution in [0.1, 0.15) is 61.3 Å². The summed E-state index contributed by atoms with van der Waals surface area (Å²) in [5.41, 5.74) is 10.1. The zero-order valence-corrected chi connectivity index (χ0v) is 16.2. The molecule has 1 aliphatic carbocycles. The average Bonchev–Trinajstić information content (AvgIpc) is 3.39. The minimum Gasteiger partial charge on any atom is -0.397 e. The van der Waals surface area contributed by atoms with Crippen molar-refractivity contribution in [1.82, 2.24) is 14.8 Å². The first kappa shape index (κ1) is 17.5. The molecule has 3 N–H and O–H groups in total. The molecule has 1 fully saturated rings. The Balaban J connectivity index is 1.87. The summed E-state index contributed by atoms with van der Waals surface area (Å²) in [7, 11) is 0. The molecule has 1 amide bonds. The third kappa shape index (κ3) is 3.16. The van der Waals surface area contributed by atoms with E-state index in [-0.39, 0.29) is 11.4 Å². The quantitative estimate of drug-likeness (QED) is 0.683. The Kier molecular flexibility index (Phi) is 3.94. The number of nitrogens with two attached hydrogens (primary N) is 1. The summed E-state index contributed by atoms with van der Waals surface area (Å²) in [6, 6.07) is 9.20. The highest BCUT2D eigenvalue weighted by Gasteiger charge is 2.30. The number of fused-ring (bicyclic) bond motifs is 1. The number of carbonyl (C=O) groups excluding carboxylic acids is 1. The van der Waals surface area contributed by atoms with Gasteiger partial charge in [0.2, 0.25) is 0 Å². The fourth-order valence-electron chi connectivity index (χ4n) is 3.34. The van der Waals surface area contributed by atoms with Crippen LogP contribution in [0.25, 0.3) is 11.0 Å². The van der Waals surface area contributed by atoms with Gasteiger partial charge in [-0.15, -0.1) is 0 Å². The number of aromatic nitrogens is 3. The van der Waals surface area contributed by atoms with Gasteiger partial charge in [0.1, 0.15) is 0 Å². The smallest absolute Gasteiger partial charge is 0.256 e. The third-order valence-electron chi connectivity index (χ3n) is 4.92. The number of carbonyl (C=O) groups is 1. The maximum absolute atomic E-state index is 13.2. The fraction of sp³-hybridized carbons (Fsp3) is 0.381. The molecule has 6 heteroatoms. The molecule has 1 aliphatic rings. The van der Waals surface area contributed by atoms with E-state index in [2.05, 4.69) is 26.1 Å². The zero-order valence-electron chi connectivity index (χ0n) is 16.2. The molecule has 0 unspecified atom stereocenters. The van der Waals surface area contributed by atoms with E-state index in [1.165, 1.54) is 0 Å². The van der Waals surface area contributed by atoms with E-state index in [0.717, 1.165) is 35.3 Å². The number of pyridine rings is 1. The molecule has 0 bridgehead atoms. The van der Waals surface area contributed by atoms with Crippen LogP contribution in [0.4, 0.5) is 11.4 Å². The van der Waals surface area contributed by atoms with Gasteiger partial charge in [-0.05, 0) is 58.7 Å². The van der Waals surface area contributed by atoms with Crippen molar-refractivity contribution in [1.29, 1.82) is 0 Å².